The highest BCUT2D eigenvalue weighted by Gasteiger charge is 2.35. The van der Waals surface area contributed by atoms with Crippen molar-refractivity contribution in [2.75, 3.05) is 46.0 Å². The van der Waals surface area contributed by atoms with E-state index in [4.69, 9.17) is 0 Å². The third-order valence-electron chi connectivity index (χ3n) is 4.93. The van der Waals surface area contributed by atoms with Crippen molar-refractivity contribution in [1.29, 1.82) is 0 Å². The molecule has 6 nitrogen and oxygen atoms in total. The van der Waals surface area contributed by atoms with Gasteiger partial charge in [0.15, 0.2) is 9.84 Å². The van der Waals surface area contributed by atoms with E-state index in [1.165, 1.54) is 6.26 Å². The lowest BCUT2D eigenvalue weighted by Gasteiger charge is -2.37. The smallest absolute Gasteiger partial charge is 0.223 e. The van der Waals surface area contributed by atoms with Crippen molar-refractivity contribution >= 4 is 28.2 Å². The van der Waals surface area contributed by atoms with Gasteiger partial charge in [0.25, 0.3) is 0 Å². The van der Waals surface area contributed by atoms with Crippen molar-refractivity contribution in [2.24, 2.45) is 0 Å². The van der Waals surface area contributed by atoms with Crippen molar-refractivity contribution in [3.05, 3.63) is 0 Å². The number of halogens is 1. The zero-order valence-corrected chi connectivity index (χ0v) is 15.8. The molecule has 0 aromatic heterocycles. The zero-order valence-electron chi connectivity index (χ0n) is 14.2. The number of hydrogen-bond acceptors (Lipinski definition) is 5. The summed E-state index contributed by atoms with van der Waals surface area (Å²) in [6.45, 7) is 3.91. The lowest BCUT2D eigenvalue weighted by molar-refractivity contribution is -0.132. The molecule has 0 radical (unpaired) electrons. The topological polar surface area (TPSA) is 69.7 Å². The van der Waals surface area contributed by atoms with Crippen LogP contribution in [0.5, 0.6) is 0 Å². The van der Waals surface area contributed by atoms with Gasteiger partial charge in [-0.05, 0) is 19.9 Å². The Morgan fingerprint density at radius 3 is 2.43 bits per heavy atom. The first-order chi connectivity index (χ1) is 10.4. The number of sulfone groups is 1. The van der Waals surface area contributed by atoms with Crippen LogP contribution < -0.4 is 5.32 Å². The molecule has 0 bridgehead atoms. The normalized spacial score (nSPS) is 26.0. The highest BCUT2D eigenvalue weighted by molar-refractivity contribution is 7.91. The van der Waals surface area contributed by atoms with E-state index in [1.54, 1.807) is 0 Å². The quantitative estimate of drug-likeness (QED) is 0.767. The number of nitrogens with zero attached hydrogens (tertiary/aromatic N) is 2. The van der Waals surface area contributed by atoms with Crippen LogP contribution in [0, 0.1) is 0 Å². The average molecular weight is 368 g/mol. The third kappa shape index (κ3) is 5.89. The molecule has 2 atom stereocenters. The molecule has 136 valence electrons. The van der Waals surface area contributed by atoms with Gasteiger partial charge in [-0.3, -0.25) is 4.79 Å². The number of carbonyl (C=O) groups excluding carboxylic acids is 1. The van der Waals surface area contributed by atoms with Gasteiger partial charge in [-0.1, -0.05) is 12.8 Å². The van der Waals surface area contributed by atoms with Crippen molar-refractivity contribution in [2.45, 2.75) is 43.4 Å². The fraction of sp³-hybridized carbons (Fsp3) is 0.933. The van der Waals surface area contributed by atoms with E-state index in [0.29, 0.717) is 13.0 Å². The Kier molecular flexibility index (Phi) is 8.27. The number of rotatable bonds is 5. The Labute approximate surface area is 146 Å². The molecule has 1 saturated heterocycles. The largest absolute Gasteiger partial charge is 0.340 e. The van der Waals surface area contributed by atoms with Crippen LogP contribution >= 0.6 is 12.4 Å². The van der Waals surface area contributed by atoms with Crippen LogP contribution in [0.3, 0.4) is 0 Å². The second kappa shape index (κ2) is 9.20. The van der Waals surface area contributed by atoms with Gasteiger partial charge >= 0.3 is 0 Å². The molecule has 2 rings (SSSR count). The summed E-state index contributed by atoms with van der Waals surface area (Å²) in [7, 11) is -1.07. The summed E-state index contributed by atoms with van der Waals surface area (Å²) in [5.74, 6) is 0.181. The predicted molar refractivity (Wildman–Crippen MR) is 94.8 cm³/mol. The molecule has 1 heterocycles. The van der Waals surface area contributed by atoms with E-state index in [-0.39, 0.29) is 29.6 Å². The molecule has 8 heteroatoms. The van der Waals surface area contributed by atoms with E-state index in [2.05, 4.69) is 10.2 Å². The predicted octanol–water partition coefficient (Wildman–Crippen LogP) is 0.518. The maximum atomic E-state index is 12.2. The zero-order chi connectivity index (χ0) is 16.2. The lowest BCUT2D eigenvalue weighted by atomic mass is 9.93. The van der Waals surface area contributed by atoms with Crippen LogP contribution in [0.15, 0.2) is 0 Å². The minimum Gasteiger partial charge on any atom is -0.340 e. The van der Waals surface area contributed by atoms with Gasteiger partial charge in [-0.25, -0.2) is 8.42 Å². The first-order valence-electron chi connectivity index (χ1n) is 8.27. The fourth-order valence-electron chi connectivity index (χ4n) is 3.59. The van der Waals surface area contributed by atoms with Gasteiger partial charge in [-0.15, -0.1) is 12.4 Å². The Morgan fingerprint density at radius 1 is 1.22 bits per heavy atom. The number of nitrogens with one attached hydrogen (secondary N) is 1. The summed E-state index contributed by atoms with van der Waals surface area (Å²) in [6.07, 6.45) is 5.55. The average Bonchev–Trinajstić information content (AvgIpc) is 2.52. The minimum atomic E-state index is -3.02. The standard InChI is InChI=1S/C15H29N3O3S.ClH/c1-17(10-7-15(19)18-11-8-16-9-12-18)13-5-3-4-6-14(13)22(2,20)21;/h13-14,16H,3-12H2,1-2H3;1H. The first kappa shape index (κ1) is 20.7. The molecule has 2 aliphatic rings. The van der Waals surface area contributed by atoms with E-state index in [9.17, 15) is 13.2 Å². The van der Waals surface area contributed by atoms with Gasteiger partial charge in [-0.2, -0.15) is 0 Å². The summed E-state index contributed by atoms with van der Waals surface area (Å²) in [5.41, 5.74) is 0. The van der Waals surface area contributed by atoms with E-state index < -0.39 is 9.84 Å². The van der Waals surface area contributed by atoms with Gasteiger partial charge in [0.1, 0.15) is 0 Å². The summed E-state index contributed by atoms with van der Waals surface area (Å²) >= 11 is 0. The molecular weight excluding hydrogens is 338 g/mol. The molecule has 23 heavy (non-hydrogen) atoms. The Hall–Kier alpha value is -0.370. The molecule has 1 aliphatic heterocycles. The monoisotopic (exact) mass is 367 g/mol. The highest BCUT2D eigenvalue weighted by Crippen LogP contribution is 2.27. The van der Waals surface area contributed by atoms with Gasteiger partial charge in [0.05, 0.1) is 5.25 Å². The van der Waals surface area contributed by atoms with Crippen molar-refractivity contribution in [1.82, 2.24) is 15.1 Å². The van der Waals surface area contributed by atoms with Gasteiger partial charge in [0.2, 0.25) is 5.91 Å². The Balaban J connectivity index is 0.00000264. The minimum absolute atomic E-state index is 0. The van der Waals surface area contributed by atoms with E-state index in [1.807, 2.05) is 11.9 Å². The second-order valence-corrected chi connectivity index (χ2v) is 8.85. The Morgan fingerprint density at radius 2 is 1.83 bits per heavy atom. The maximum absolute atomic E-state index is 12.2. The molecule has 1 saturated carbocycles. The summed E-state index contributed by atoms with van der Waals surface area (Å²) in [5, 5.41) is 2.96. The molecule has 1 amide bonds. The molecule has 1 N–H and O–H groups in total. The molecule has 0 aromatic rings. The number of piperazine rings is 1. The first-order valence-corrected chi connectivity index (χ1v) is 10.2. The number of hydrogen-bond donors (Lipinski definition) is 1. The van der Waals surface area contributed by atoms with Crippen LogP contribution in [0.25, 0.3) is 0 Å². The molecule has 0 aromatic carbocycles. The summed E-state index contributed by atoms with van der Waals surface area (Å²) < 4.78 is 24.0. The summed E-state index contributed by atoms with van der Waals surface area (Å²) in [6, 6.07) is 0.0552. The summed E-state index contributed by atoms with van der Waals surface area (Å²) in [4.78, 5) is 16.2. The van der Waals surface area contributed by atoms with Crippen LogP contribution in [0.1, 0.15) is 32.1 Å². The number of carbonyl (C=O) groups is 1. The SMILES string of the molecule is CN(CCC(=O)N1CCNCC1)C1CCCCC1S(C)(=O)=O.Cl. The fourth-order valence-corrected chi connectivity index (χ4v) is 5.10. The number of amides is 1. The molecular formula is C15H30ClN3O3S. The third-order valence-corrected chi connectivity index (χ3v) is 6.58. The maximum Gasteiger partial charge on any atom is 0.223 e. The lowest BCUT2D eigenvalue weighted by Crippen LogP contribution is -2.49. The van der Waals surface area contributed by atoms with Crippen LogP contribution in [0.2, 0.25) is 0 Å². The van der Waals surface area contributed by atoms with Gasteiger partial charge in [0, 0.05) is 51.4 Å². The van der Waals surface area contributed by atoms with Crippen molar-refractivity contribution in [3.63, 3.8) is 0 Å². The van der Waals surface area contributed by atoms with Crippen molar-refractivity contribution in [3.8, 4) is 0 Å². The molecule has 0 spiro atoms. The second-order valence-electron chi connectivity index (χ2n) is 6.58. The van der Waals surface area contributed by atoms with E-state index >= 15 is 0 Å². The Bertz CT molecular complexity index is 480. The van der Waals surface area contributed by atoms with Gasteiger partial charge < -0.3 is 15.1 Å². The van der Waals surface area contributed by atoms with Crippen LogP contribution in [0.4, 0.5) is 0 Å². The van der Waals surface area contributed by atoms with Crippen LogP contribution in [-0.2, 0) is 14.6 Å². The molecule has 2 fully saturated rings. The van der Waals surface area contributed by atoms with Crippen LogP contribution in [-0.4, -0.2) is 81.4 Å². The molecule has 2 unspecified atom stereocenters. The highest BCUT2D eigenvalue weighted by atomic mass is 35.5. The van der Waals surface area contributed by atoms with E-state index in [0.717, 1.165) is 51.9 Å². The van der Waals surface area contributed by atoms with Crippen molar-refractivity contribution < 1.29 is 13.2 Å². The molecule has 1 aliphatic carbocycles.